The Kier molecular flexibility index (Phi) is 11.1. The fourth-order valence-electron chi connectivity index (χ4n) is 8.27. The van der Waals surface area contributed by atoms with Gasteiger partial charge in [0.05, 0.1) is 23.6 Å². The van der Waals surface area contributed by atoms with Crippen molar-refractivity contribution in [2.45, 2.75) is 63.4 Å². The van der Waals surface area contributed by atoms with Crippen molar-refractivity contribution in [3.8, 4) is 5.00 Å². The van der Waals surface area contributed by atoms with Gasteiger partial charge in [-0.1, -0.05) is 166 Å². The van der Waals surface area contributed by atoms with Gasteiger partial charge in [-0.15, -0.1) is 21.5 Å². The molecule has 13 heteroatoms. The van der Waals surface area contributed by atoms with Crippen LogP contribution in [0.4, 0.5) is 5.95 Å². The summed E-state index contributed by atoms with van der Waals surface area (Å²) >= 11 is 4.56. The third-order valence-corrected chi connectivity index (χ3v) is 14.5. The molecule has 0 saturated carbocycles. The number of fused-ring (bicyclic) bond motifs is 8. The van der Waals surface area contributed by atoms with Crippen molar-refractivity contribution in [3.05, 3.63) is 160 Å². The summed E-state index contributed by atoms with van der Waals surface area (Å²) in [7, 11) is 0. The van der Waals surface area contributed by atoms with Crippen molar-refractivity contribution in [1.29, 1.82) is 0 Å². The Morgan fingerprint density at radius 1 is 0.763 bits per heavy atom. The monoisotopic (exact) mass is 838 g/mol. The van der Waals surface area contributed by atoms with Crippen molar-refractivity contribution in [2.24, 2.45) is 16.4 Å². The molecule has 3 N–H and O–H groups in total. The largest absolute Gasteiger partial charge is 0.344 e. The Bertz CT molecular complexity index is 2390. The van der Waals surface area contributed by atoms with Gasteiger partial charge in [0.1, 0.15) is 5.00 Å². The van der Waals surface area contributed by atoms with Crippen LogP contribution in [0.2, 0.25) is 0 Å². The number of hydrazone groups is 1. The standard InChI is InChI=1S/C46H46N8O2S3/c1-46(2,3)33-24-25-34-35(26-33)59-42-38(34)41-49-51-44(57-27-36(55)47-39(29-16-8-4-9-17-29)30-18-10-5-11-19-30)53(41)43-50-52-45(54(42)43)58-28-37(56)48-40(31-20-12-6-13-21-31)32-22-14-7-15-23-32/h4-23,33,39-41,49H,24-28H2,1-3H3,(H,47,55)(H,48,56)/t33-,41?/m1/s1. The number of thiophene rings is 1. The lowest BCUT2D eigenvalue weighted by Crippen LogP contribution is -2.39. The van der Waals surface area contributed by atoms with E-state index in [0.717, 1.165) is 46.5 Å². The number of amides is 2. The van der Waals surface area contributed by atoms with Crippen LogP contribution in [0.5, 0.6) is 0 Å². The summed E-state index contributed by atoms with van der Waals surface area (Å²) in [5.74, 6) is 1.29. The van der Waals surface area contributed by atoms with E-state index < -0.39 is 0 Å². The van der Waals surface area contributed by atoms with Gasteiger partial charge in [-0.25, -0.2) is 4.57 Å². The van der Waals surface area contributed by atoms with Gasteiger partial charge >= 0.3 is 0 Å². The van der Waals surface area contributed by atoms with Gasteiger partial charge in [-0.05, 0) is 58.4 Å². The Labute approximate surface area is 357 Å². The van der Waals surface area contributed by atoms with E-state index in [0.29, 0.717) is 22.2 Å². The Balaban J connectivity index is 0.978. The molecule has 4 aromatic carbocycles. The number of carbonyl (C=O) groups excluding carboxylic acids is 2. The summed E-state index contributed by atoms with van der Waals surface area (Å²) < 4.78 is 2.11. The average molecular weight is 839 g/mol. The normalized spacial score (nSPS) is 16.8. The van der Waals surface area contributed by atoms with Gasteiger partial charge in [0.15, 0.2) is 16.5 Å². The number of nitrogens with zero attached hydrogens (tertiary/aromatic N) is 5. The van der Waals surface area contributed by atoms with E-state index in [-0.39, 0.29) is 47.0 Å². The number of amidine groups is 1. The molecule has 6 aromatic rings. The minimum atomic E-state index is -0.288. The third-order valence-electron chi connectivity index (χ3n) is 11.4. The molecule has 1 unspecified atom stereocenters. The van der Waals surface area contributed by atoms with Crippen molar-refractivity contribution in [2.75, 3.05) is 16.4 Å². The number of benzene rings is 4. The first-order valence-corrected chi connectivity index (χ1v) is 22.8. The van der Waals surface area contributed by atoms with E-state index in [9.17, 15) is 9.59 Å². The maximum Gasteiger partial charge on any atom is 0.241 e. The van der Waals surface area contributed by atoms with Crippen LogP contribution in [0.1, 0.15) is 83.7 Å². The van der Waals surface area contributed by atoms with Crippen LogP contribution in [-0.4, -0.2) is 43.3 Å². The molecule has 0 spiro atoms. The molecule has 4 heterocycles. The smallest absolute Gasteiger partial charge is 0.241 e. The molecule has 2 amide bonds. The highest BCUT2D eigenvalue weighted by molar-refractivity contribution is 8.14. The SMILES string of the molecule is CC(C)(C)[C@@H]1CCc2c(sc3c2C2NN=C(SCC(=O)NC(c4ccccc4)c4ccccc4)N2c2nnc(SCC(=O)NC(c4ccccc4)c4ccccc4)n2-3)C1. The number of anilines is 1. The van der Waals surface area contributed by atoms with Gasteiger partial charge in [-0.3, -0.25) is 19.9 Å². The maximum atomic E-state index is 13.8. The van der Waals surface area contributed by atoms with Gasteiger partial charge in [-0.2, -0.15) is 5.10 Å². The third kappa shape index (κ3) is 8.03. The highest BCUT2D eigenvalue weighted by Gasteiger charge is 2.45. The molecule has 2 aliphatic heterocycles. The number of rotatable bonds is 11. The van der Waals surface area contributed by atoms with Gasteiger partial charge in [0.25, 0.3) is 0 Å². The summed E-state index contributed by atoms with van der Waals surface area (Å²) in [4.78, 5) is 31.0. The lowest BCUT2D eigenvalue weighted by atomic mass is 9.72. The lowest BCUT2D eigenvalue weighted by molar-refractivity contribution is -0.119. The second kappa shape index (κ2) is 16.7. The van der Waals surface area contributed by atoms with E-state index >= 15 is 0 Å². The molecule has 10 nitrogen and oxygen atoms in total. The number of thioether (sulfide) groups is 2. The van der Waals surface area contributed by atoms with E-state index in [1.807, 2.05) is 133 Å². The molecule has 3 aliphatic rings. The summed E-state index contributed by atoms with van der Waals surface area (Å²) in [6.45, 7) is 7.01. The average Bonchev–Trinajstić information content (AvgIpc) is 3.99. The zero-order valence-corrected chi connectivity index (χ0v) is 35.6. The van der Waals surface area contributed by atoms with Crippen LogP contribution in [0.25, 0.3) is 5.00 Å². The summed E-state index contributed by atoms with van der Waals surface area (Å²) in [5.41, 5.74) is 10.2. The van der Waals surface area contributed by atoms with Gasteiger partial charge in [0, 0.05) is 10.4 Å². The van der Waals surface area contributed by atoms with E-state index in [4.69, 9.17) is 15.3 Å². The number of nitrogens with one attached hydrogen (secondary N) is 3. The molecule has 9 rings (SSSR count). The molecule has 0 fully saturated rings. The second-order valence-corrected chi connectivity index (χ2v) is 19.1. The van der Waals surface area contributed by atoms with Crippen LogP contribution in [-0.2, 0) is 22.4 Å². The van der Waals surface area contributed by atoms with E-state index in [2.05, 4.69) is 46.3 Å². The Morgan fingerprint density at radius 2 is 1.27 bits per heavy atom. The van der Waals surface area contributed by atoms with Crippen LogP contribution >= 0.6 is 34.9 Å². The molecule has 300 valence electrons. The molecule has 0 saturated heterocycles. The molecular weight excluding hydrogens is 793 g/mol. The Hall–Kier alpha value is -5.37. The first-order chi connectivity index (χ1) is 28.7. The van der Waals surface area contributed by atoms with Crippen molar-refractivity contribution >= 4 is 57.8 Å². The highest BCUT2D eigenvalue weighted by Crippen LogP contribution is 2.51. The minimum absolute atomic E-state index is 0.103. The van der Waals surface area contributed by atoms with Crippen LogP contribution < -0.4 is 21.0 Å². The predicted molar refractivity (Wildman–Crippen MR) is 239 cm³/mol. The fourth-order valence-corrected chi connectivity index (χ4v) is 11.3. The van der Waals surface area contributed by atoms with E-state index in [1.54, 1.807) is 0 Å². The molecule has 2 atom stereocenters. The quantitative estimate of drug-likeness (QED) is 0.111. The zero-order chi connectivity index (χ0) is 40.5. The Morgan fingerprint density at radius 3 is 1.78 bits per heavy atom. The van der Waals surface area contributed by atoms with Crippen LogP contribution in [0.3, 0.4) is 0 Å². The highest BCUT2D eigenvalue weighted by atomic mass is 32.2. The van der Waals surface area contributed by atoms with Crippen LogP contribution in [0.15, 0.2) is 132 Å². The number of hydrogen-bond donors (Lipinski definition) is 3. The fraction of sp³-hybridized carbons (Fsp3) is 0.283. The zero-order valence-electron chi connectivity index (χ0n) is 33.2. The van der Waals surface area contributed by atoms with Crippen molar-refractivity contribution in [3.63, 3.8) is 0 Å². The predicted octanol–water partition coefficient (Wildman–Crippen LogP) is 8.81. The topological polar surface area (TPSA) is 117 Å². The lowest BCUT2D eigenvalue weighted by Gasteiger charge is -2.35. The van der Waals surface area contributed by atoms with Crippen molar-refractivity contribution in [1.82, 2.24) is 30.8 Å². The minimum Gasteiger partial charge on any atom is -0.344 e. The number of hydrogen-bond acceptors (Lipinski definition) is 10. The van der Waals surface area contributed by atoms with Gasteiger partial charge in [0.2, 0.25) is 17.8 Å². The number of aromatic nitrogens is 3. The number of carbonyl (C=O) groups is 2. The first kappa shape index (κ1) is 39.1. The maximum absolute atomic E-state index is 13.8. The molecule has 0 bridgehead atoms. The molecular formula is C46H46N8O2S3. The molecule has 59 heavy (non-hydrogen) atoms. The molecule has 0 radical (unpaired) electrons. The molecule has 2 aromatic heterocycles. The second-order valence-electron chi connectivity index (χ2n) is 16.2. The van der Waals surface area contributed by atoms with Crippen molar-refractivity contribution < 1.29 is 9.59 Å². The first-order valence-electron chi connectivity index (χ1n) is 20.0. The van der Waals surface area contributed by atoms with E-state index in [1.165, 1.54) is 39.5 Å². The summed E-state index contributed by atoms with van der Waals surface area (Å²) in [6, 6.07) is 39.6. The molecule has 1 aliphatic carbocycles. The summed E-state index contributed by atoms with van der Waals surface area (Å²) in [5, 5.41) is 23.2. The van der Waals surface area contributed by atoms with Crippen LogP contribution in [0, 0.1) is 11.3 Å². The van der Waals surface area contributed by atoms with Gasteiger partial charge < -0.3 is 10.6 Å². The summed E-state index contributed by atoms with van der Waals surface area (Å²) in [6.07, 6.45) is 2.82.